The Morgan fingerprint density at radius 3 is 3.17 bits per heavy atom. The van der Waals surface area contributed by atoms with Crippen LogP contribution in [-0.2, 0) is 4.74 Å². The average molecular weight is 313 g/mol. The average Bonchev–Trinajstić information content (AvgIpc) is 2.87. The van der Waals surface area contributed by atoms with Crippen LogP contribution in [-0.4, -0.2) is 42.3 Å². The molecule has 6 heteroatoms. The second-order valence-corrected chi connectivity index (χ2v) is 5.50. The molecule has 0 bridgehead atoms. The van der Waals surface area contributed by atoms with Crippen LogP contribution in [0.2, 0.25) is 0 Å². The van der Waals surface area contributed by atoms with E-state index in [1.807, 2.05) is 7.05 Å². The lowest BCUT2D eigenvalue weighted by Crippen LogP contribution is -2.49. The summed E-state index contributed by atoms with van der Waals surface area (Å²) in [5.41, 5.74) is 0. The largest absolute Gasteiger partial charge is 0.374 e. The van der Waals surface area contributed by atoms with Crippen LogP contribution < -0.4 is 10.2 Å². The minimum Gasteiger partial charge on any atom is -0.374 e. The molecule has 0 spiro atoms. The van der Waals surface area contributed by atoms with E-state index in [-0.39, 0.29) is 0 Å². The topological polar surface area (TPSA) is 50.3 Å². The highest BCUT2D eigenvalue weighted by Crippen LogP contribution is 2.36. The van der Waals surface area contributed by atoms with E-state index in [0.717, 1.165) is 29.3 Å². The number of nitrogens with zero attached hydrogens (tertiary/aromatic N) is 3. The summed E-state index contributed by atoms with van der Waals surface area (Å²) in [4.78, 5) is 11.0. The van der Waals surface area contributed by atoms with E-state index in [0.29, 0.717) is 12.1 Å². The lowest BCUT2D eigenvalue weighted by atomic mass is 10.1. The molecule has 3 rings (SSSR count). The first kappa shape index (κ1) is 12.2. The molecule has 0 radical (unpaired) electrons. The summed E-state index contributed by atoms with van der Waals surface area (Å²) < 4.78 is 6.78. The molecule has 2 heterocycles. The van der Waals surface area contributed by atoms with E-state index < -0.39 is 0 Å². The van der Waals surface area contributed by atoms with Gasteiger partial charge in [0.2, 0.25) is 0 Å². The van der Waals surface area contributed by atoms with Crippen molar-refractivity contribution in [2.45, 2.75) is 31.4 Å². The Bertz CT molecular complexity index is 442. The number of halogens is 1. The van der Waals surface area contributed by atoms with Crippen LogP contribution in [0, 0.1) is 0 Å². The Morgan fingerprint density at radius 1 is 1.44 bits per heavy atom. The number of aromatic nitrogens is 2. The van der Waals surface area contributed by atoms with E-state index in [1.54, 1.807) is 6.33 Å². The van der Waals surface area contributed by atoms with Gasteiger partial charge in [-0.2, -0.15) is 0 Å². The van der Waals surface area contributed by atoms with Crippen LogP contribution in [0.15, 0.2) is 10.8 Å². The van der Waals surface area contributed by atoms with Crippen molar-refractivity contribution in [3.63, 3.8) is 0 Å². The molecule has 1 saturated heterocycles. The number of hydrogen-bond donors (Lipinski definition) is 1. The van der Waals surface area contributed by atoms with E-state index in [4.69, 9.17) is 4.74 Å². The van der Waals surface area contributed by atoms with Gasteiger partial charge >= 0.3 is 0 Å². The molecule has 2 unspecified atom stereocenters. The van der Waals surface area contributed by atoms with Crippen molar-refractivity contribution < 1.29 is 4.74 Å². The fourth-order valence-electron chi connectivity index (χ4n) is 2.92. The third-order valence-electron chi connectivity index (χ3n) is 3.76. The highest BCUT2D eigenvalue weighted by Gasteiger charge is 2.37. The van der Waals surface area contributed by atoms with Crippen molar-refractivity contribution in [1.82, 2.24) is 9.97 Å². The van der Waals surface area contributed by atoms with E-state index in [1.165, 1.54) is 19.3 Å². The Hall–Kier alpha value is -0.880. The Morgan fingerprint density at radius 2 is 2.33 bits per heavy atom. The highest BCUT2D eigenvalue weighted by atomic mass is 79.9. The van der Waals surface area contributed by atoms with Crippen molar-refractivity contribution in [3.8, 4) is 0 Å². The van der Waals surface area contributed by atoms with Gasteiger partial charge in [-0.25, -0.2) is 9.97 Å². The Labute approximate surface area is 115 Å². The van der Waals surface area contributed by atoms with Gasteiger partial charge in [0.05, 0.1) is 18.8 Å². The van der Waals surface area contributed by atoms with Gasteiger partial charge in [-0.3, -0.25) is 0 Å². The SMILES string of the molecule is CNc1ncnc(N2CCOC3CCCC32)c1Br. The van der Waals surface area contributed by atoms with Crippen LogP contribution in [0.4, 0.5) is 11.6 Å². The molecule has 2 aliphatic rings. The predicted molar refractivity (Wildman–Crippen MR) is 74.0 cm³/mol. The summed E-state index contributed by atoms with van der Waals surface area (Å²) in [5, 5.41) is 3.08. The van der Waals surface area contributed by atoms with Crippen molar-refractivity contribution in [2.24, 2.45) is 0 Å². The fraction of sp³-hybridized carbons (Fsp3) is 0.667. The van der Waals surface area contributed by atoms with Crippen molar-refractivity contribution >= 4 is 27.6 Å². The summed E-state index contributed by atoms with van der Waals surface area (Å²) in [6.45, 7) is 1.69. The van der Waals surface area contributed by atoms with Crippen molar-refractivity contribution in [3.05, 3.63) is 10.8 Å². The van der Waals surface area contributed by atoms with Crippen LogP contribution in [0.1, 0.15) is 19.3 Å². The first-order valence-electron chi connectivity index (χ1n) is 6.37. The molecule has 1 saturated carbocycles. The molecule has 5 nitrogen and oxygen atoms in total. The Balaban J connectivity index is 1.93. The highest BCUT2D eigenvalue weighted by molar-refractivity contribution is 9.10. The molecule has 1 aromatic heterocycles. The van der Waals surface area contributed by atoms with E-state index in [2.05, 4.69) is 36.1 Å². The second kappa shape index (κ2) is 5.01. The third-order valence-corrected chi connectivity index (χ3v) is 4.49. The molecular formula is C12H17BrN4O. The summed E-state index contributed by atoms with van der Waals surface area (Å²) in [7, 11) is 1.87. The summed E-state index contributed by atoms with van der Waals surface area (Å²) in [6.07, 6.45) is 5.59. The molecule has 1 aliphatic carbocycles. The molecular weight excluding hydrogens is 296 g/mol. The molecule has 1 aromatic rings. The number of fused-ring (bicyclic) bond motifs is 1. The molecule has 2 fully saturated rings. The molecule has 1 aliphatic heterocycles. The monoisotopic (exact) mass is 312 g/mol. The third kappa shape index (κ3) is 1.97. The van der Waals surface area contributed by atoms with Gasteiger partial charge in [0, 0.05) is 13.6 Å². The van der Waals surface area contributed by atoms with E-state index in [9.17, 15) is 0 Å². The van der Waals surface area contributed by atoms with E-state index >= 15 is 0 Å². The van der Waals surface area contributed by atoms with Gasteiger partial charge < -0.3 is 15.0 Å². The quantitative estimate of drug-likeness (QED) is 0.905. The maximum atomic E-state index is 5.83. The predicted octanol–water partition coefficient (Wildman–Crippen LogP) is 2.04. The number of anilines is 2. The minimum atomic E-state index is 0.374. The summed E-state index contributed by atoms with van der Waals surface area (Å²) in [6, 6.07) is 0.467. The molecule has 0 amide bonds. The minimum absolute atomic E-state index is 0.374. The maximum absolute atomic E-state index is 5.83. The van der Waals surface area contributed by atoms with Crippen molar-refractivity contribution in [2.75, 3.05) is 30.4 Å². The number of nitrogens with one attached hydrogen (secondary N) is 1. The van der Waals surface area contributed by atoms with Gasteiger partial charge in [-0.1, -0.05) is 0 Å². The number of rotatable bonds is 2. The summed E-state index contributed by atoms with van der Waals surface area (Å²) in [5.74, 6) is 1.82. The lowest BCUT2D eigenvalue weighted by molar-refractivity contribution is 0.0252. The maximum Gasteiger partial charge on any atom is 0.148 e. The zero-order valence-corrected chi connectivity index (χ0v) is 12.0. The molecule has 2 atom stereocenters. The molecule has 0 aromatic carbocycles. The first-order valence-corrected chi connectivity index (χ1v) is 7.17. The summed E-state index contributed by atoms with van der Waals surface area (Å²) >= 11 is 3.60. The van der Waals surface area contributed by atoms with Crippen LogP contribution in [0.5, 0.6) is 0 Å². The Kier molecular flexibility index (Phi) is 3.39. The smallest absolute Gasteiger partial charge is 0.148 e. The van der Waals surface area contributed by atoms with Gasteiger partial charge in [-0.05, 0) is 35.2 Å². The first-order chi connectivity index (χ1) is 8.81. The van der Waals surface area contributed by atoms with Crippen LogP contribution in [0.3, 0.4) is 0 Å². The van der Waals surface area contributed by atoms with Crippen LogP contribution >= 0.6 is 15.9 Å². The molecule has 1 N–H and O–H groups in total. The molecule has 18 heavy (non-hydrogen) atoms. The zero-order valence-electron chi connectivity index (χ0n) is 10.4. The molecule has 98 valence electrons. The zero-order chi connectivity index (χ0) is 12.5. The fourth-order valence-corrected chi connectivity index (χ4v) is 3.55. The number of morpholine rings is 1. The lowest BCUT2D eigenvalue weighted by Gasteiger charge is -2.38. The van der Waals surface area contributed by atoms with Gasteiger partial charge in [0.25, 0.3) is 0 Å². The normalized spacial score (nSPS) is 27.1. The van der Waals surface area contributed by atoms with Gasteiger partial charge in [0.1, 0.15) is 22.4 Å². The van der Waals surface area contributed by atoms with Crippen molar-refractivity contribution in [1.29, 1.82) is 0 Å². The number of ether oxygens (including phenoxy) is 1. The van der Waals surface area contributed by atoms with Gasteiger partial charge in [-0.15, -0.1) is 0 Å². The second-order valence-electron chi connectivity index (χ2n) is 4.71. The number of hydrogen-bond acceptors (Lipinski definition) is 5. The van der Waals surface area contributed by atoms with Gasteiger partial charge in [0.15, 0.2) is 0 Å². The van der Waals surface area contributed by atoms with Crippen LogP contribution in [0.25, 0.3) is 0 Å². The standard InChI is InChI=1S/C12H17BrN4O/c1-14-11-10(13)12(16-7-15-11)17-5-6-18-9-4-2-3-8(9)17/h7-9H,2-6H2,1H3,(H,14,15,16).